The Kier molecular flexibility index (Phi) is 3.95. The van der Waals surface area contributed by atoms with Crippen LogP contribution in [0.25, 0.3) is 0 Å². The molecule has 0 aliphatic carbocycles. The standard InChI is InChI=1S/C9H8Br2O/c10-8-3-1-2-7(4-8)5-9(11)6-12/h1-4,6,9H,5H2. The number of carbonyl (C=O) groups is 1. The molecule has 0 aliphatic heterocycles. The average molecular weight is 292 g/mol. The Bertz CT molecular complexity index is 273. The molecule has 12 heavy (non-hydrogen) atoms. The average Bonchev–Trinajstić information content (AvgIpc) is 2.04. The highest BCUT2D eigenvalue weighted by molar-refractivity contribution is 9.10. The van der Waals surface area contributed by atoms with E-state index in [9.17, 15) is 4.79 Å². The highest BCUT2D eigenvalue weighted by atomic mass is 79.9. The first-order chi connectivity index (χ1) is 5.72. The van der Waals surface area contributed by atoms with E-state index in [4.69, 9.17) is 0 Å². The summed E-state index contributed by atoms with van der Waals surface area (Å²) in [5, 5.41) is 0. The van der Waals surface area contributed by atoms with Crippen LogP contribution in [0.3, 0.4) is 0 Å². The number of hydrogen-bond donors (Lipinski definition) is 0. The molecule has 0 aliphatic rings. The van der Waals surface area contributed by atoms with E-state index in [-0.39, 0.29) is 4.83 Å². The summed E-state index contributed by atoms with van der Waals surface area (Å²) in [5.74, 6) is 0. The Morgan fingerprint density at radius 3 is 2.83 bits per heavy atom. The third-order valence-corrected chi connectivity index (χ3v) is 2.50. The number of rotatable bonds is 3. The van der Waals surface area contributed by atoms with Crippen LogP contribution in [0.15, 0.2) is 28.7 Å². The van der Waals surface area contributed by atoms with Gasteiger partial charge in [0.25, 0.3) is 0 Å². The minimum Gasteiger partial charge on any atom is -0.302 e. The fraction of sp³-hybridized carbons (Fsp3) is 0.222. The fourth-order valence-electron chi connectivity index (χ4n) is 0.937. The van der Waals surface area contributed by atoms with Crippen LogP contribution in [-0.2, 0) is 11.2 Å². The summed E-state index contributed by atoms with van der Waals surface area (Å²) >= 11 is 6.63. The lowest BCUT2D eigenvalue weighted by molar-refractivity contribution is -0.107. The summed E-state index contributed by atoms with van der Waals surface area (Å²) in [7, 11) is 0. The third-order valence-electron chi connectivity index (χ3n) is 1.47. The van der Waals surface area contributed by atoms with Gasteiger partial charge >= 0.3 is 0 Å². The van der Waals surface area contributed by atoms with E-state index in [0.717, 1.165) is 22.7 Å². The molecule has 0 amide bonds. The molecule has 3 heteroatoms. The van der Waals surface area contributed by atoms with E-state index in [0.29, 0.717) is 0 Å². The molecule has 1 nitrogen and oxygen atoms in total. The first-order valence-corrected chi connectivity index (χ1v) is 5.27. The number of alkyl halides is 1. The normalized spacial score (nSPS) is 12.5. The van der Waals surface area contributed by atoms with E-state index >= 15 is 0 Å². The lowest BCUT2D eigenvalue weighted by Crippen LogP contribution is -2.03. The summed E-state index contributed by atoms with van der Waals surface area (Å²) in [4.78, 5) is 10.3. The molecule has 0 heterocycles. The van der Waals surface area contributed by atoms with Crippen molar-refractivity contribution in [3.8, 4) is 0 Å². The van der Waals surface area contributed by atoms with Gasteiger partial charge in [-0.3, -0.25) is 0 Å². The number of aldehydes is 1. The molecule has 0 fully saturated rings. The highest BCUT2D eigenvalue weighted by Gasteiger charge is 2.02. The van der Waals surface area contributed by atoms with E-state index in [1.807, 2.05) is 24.3 Å². The molecular weight excluding hydrogens is 284 g/mol. The van der Waals surface area contributed by atoms with Gasteiger partial charge in [-0.15, -0.1) is 0 Å². The van der Waals surface area contributed by atoms with Crippen LogP contribution in [0.2, 0.25) is 0 Å². The number of halogens is 2. The number of carbonyl (C=O) groups excluding carboxylic acids is 1. The van der Waals surface area contributed by atoms with Crippen LogP contribution in [-0.4, -0.2) is 11.1 Å². The SMILES string of the molecule is O=CC(Br)Cc1cccc(Br)c1. The number of hydrogen-bond acceptors (Lipinski definition) is 1. The lowest BCUT2D eigenvalue weighted by Gasteiger charge is -2.02. The summed E-state index contributed by atoms with van der Waals surface area (Å²) in [5.41, 5.74) is 1.15. The molecule has 1 aromatic rings. The van der Waals surface area contributed by atoms with Gasteiger partial charge in [0.15, 0.2) is 0 Å². The van der Waals surface area contributed by atoms with E-state index in [1.54, 1.807) is 0 Å². The molecule has 0 N–H and O–H groups in total. The largest absolute Gasteiger partial charge is 0.302 e. The van der Waals surface area contributed by atoms with Gasteiger partial charge < -0.3 is 4.79 Å². The zero-order valence-corrected chi connectivity index (χ0v) is 9.51. The van der Waals surface area contributed by atoms with Crippen molar-refractivity contribution >= 4 is 38.1 Å². The zero-order valence-electron chi connectivity index (χ0n) is 6.34. The summed E-state index contributed by atoms with van der Waals surface area (Å²) in [6.07, 6.45) is 1.64. The Morgan fingerprint density at radius 2 is 2.25 bits per heavy atom. The van der Waals surface area contributed by atoms with Crippen molar-refractivity contribution in [3.63, 3.8) is 0 Å². The van der Waals surface area contributed by atoms with Crippen LogP contribution in [0.4, 0.5) is 0 Å². The first-order valence-electron chi connectivity index (χ1n) is 3.56. The second kappa shape index (κ2) is 4.77. The molecular formula is C9H8Br2O. The van der Waals surface area contributed by atoms with Crippen molar-refractivity contribution in [2.75, 3.05) is 0 Å². The molecule has 1 atom stereocenters. The van der Waals surface area contributed by atoms with Crippen molar-refractivity contribution in [1.29, 1.82) is 0 Å². The Labute approximate surface area is 88.4 Å². The Morgan fingerprint density at radius 1 is 1.50 bits per heavy atom. The molecule has 0 spiro atoms. The molecule has 0 saturated heterocycles. The zero-order chi connectivity index (χ0) is 8.97. The van der Waals surface area contributed by atoms with Gasteiger partial charge in [-0.2, -0.15) is 0 Å². The van der Waals surface area contributed by atoms with E-state index < -0.39 is 0 Å². The maximum absolute atomic E-state index is 10.3. The van der Waals surface area contributed by atoms with Gasteiger partial charge in [0.05, 0.1) is 4.83 Å². The van der Waals surface area contributed by atoms with Gasteiger partial charge in [-0.25, -0.2) is 0 Å². The minimum atomic E-state index is -0.0770. The predicted octanol–water partition coefficient (Wildman–Crippen LogP) is 2.95. The molecule has 64 valence electrons. The molecule has 0 aromatic heterocycles. The van der Waals surface area contributed by atoms with Gasteiger partial charge in [-0.1, -0.05) is 44.0 Å². The van der Waals surface area contributed by atoms with E-state index in [2.05, 4.69) is 31.9 Å². The quantitative estimate of drug-likeness (QED) is 0.618. The number of benzene rings is 1. The molecule has 0 radical (unpaired) electrons. The summed E-state index contributed by atoms with van der Waals surface area (Å²) in [6, 6.07) is 7.94. The predicted molar refractivity (Wildman–Crippen MR) is 56.6 cm³/mol. The van der Waals surface area contributed by atoms with Crippen molar-refractivity contribution in [3.05, 3.63) is 34.3 Å². The smallest absolute Gasteiger partial charge is 0.133 e. The molecule has 0 saturated carbocycles. The Hall–Kier alpha value is -0.150. The molecule has 1 aromatic carbocycles. The third kappa shape index (κ3) is 3.07. The van der Waals surface area contributed by atoms with Crippen LogP contribution < -0.4 is 0 Å². The van der Waals surface area contributed by atoms with Crippen LogP contribution in [0.1, 0.15) is 5.56 Å². The molecule has 0 bridgehead atoms. The van der Waals surface area contributed by atoms with Crippen molar-refractivity contribution in [2.45, 2.75) is 11.2 Å². The highest BCUT2D eigenvalue weighted by Crippen LogP contribution is 2.14. The van der Waals surface area contributed by atoms with Gasteiger partial charge in [0.2, 0.25) is 0 Å². The van der Waals surface area contributed by atoms with Crippen LogP contribution in [0.5, 0.6) is 0 Å². The van der Waals surface area contributed by atoms with Crippen molar-refractivity contribution in [1.82, 2.24) is 0 Å². The maximum atomic E-state index is 10.3. The molecule has 1 rings (SSSR count). The first kappa shape index (κ1) is 9.93. The lowest BCUT2D eigenvalue weighted by atomic mass is 10.1. The molecule has 1 unspecified atom stereocenters. The maximum Gasteiger partial charge on any atom is 0.133 e. The monoisotopic (exact) mass is 290 g/mol. The fourth-order valence-corrected chi connectivity index (χ4v) is 1.76. The van der Waals surface area contributed by atoms with Crippen LogP contribution in [0, 0.1) is 0 Å². The summed E-state index contributed by atoms with van der Waals surface area (Å²) < 4.78 is 1.05. The van der Waals surface area contributed by atoms with E-state index in [1.165, 1.54) is 0 Å². The van der Waals surface area contributed by atoms with Crippen molar-refractivity contribution < 1.29 is 4.79 Å². The summed E-state index contributed by atoms with van der Waals surface area (Å²) in [6.45, 7) is 0. The van der Waals surface area contributed by atoms with Crippen molar-refractivity contribution in [2.24, 2.45) is 0 Å². The van der Waals surface area contributed by atoms with Gasteiger partial charge in [0.1, 0.15) is 6.29 Å². The Balaban J connectivity index is 2.69. The topological polar surface area (TPSA) is 17.1 Å². The van der Waals surface area contributed by atoms with Gasteiger partial charge in [-0.05, 0) is 24.1 Å². The second-order valence-corrected chi connectivity index (χ2v) is 4.58. The minimum absolute atomic E-state index is 0.0770. The second-order valence-electron chi connectivity index (χ2n) is 2.49. The van der Waals surface area contributed by atoms with Crippen LogP contribution >= 0.6 is 31.9 Å². The van der Waals surface area contributed by atoms with Gasteiger partial charge in [0, 0.05) is 4.47 Å².